The van der Waals surface area contributed by atoms with Gasteiger partial charge in [0.2, 0.25) is 5.89 Å². The van der Waals surface area contributed by atoms with Crippen LogP contribution in [-0.2, 0) is 11.2 Å². The van der Waals surface area contributed by atoms with E-state index in [1.807, 2.05) is 30.3 Å². The summed E-state index contributed by atoms with van der Waals surface area (Å²) >= 11 is 5.85. The second kappa shape index (κ2) is 7.02. The molecule has 0 bridgehead atoms. The molecule has 128 valence electrons. The predicted octanol–water partition coefficient (Wildman–Crippen LogP) is 5.30. The molecule has 0 saturated heterocycles. The quantitative estimate of drug-likeness (QED) is 0.365. The Morgan fingerprint density at radius 2 is 1.77 bits per heavy atom. The van der Waals surface area contributed by atoms with Crippen molar-refractivity contribution in [3.8, 4) is 17.2 Å². The summed E-state index contributed by atoms with van der Waals surface area (Å²) in [5.74, 6) is 0.604. The van der Waals surface area contributed by atoms with Crippen LogP contribution in [0.25, 0.3) is 22.6 Å². The third-order valence-electron chi connectivity index (χ3n) is 3.87. The second-order valence-corrected chi connectivity index (χ2v) is 6.23. The first kappa shape index (κ1) is 16.4. The van der Waals surface area contributed by atoms with Crippen molar-refractivity contribution in [2.45, 2.75) is 6.42 Å². The molecule has 0 radical (unpaired) electrons. The zero-order valence-electron chi connectivity index (χ0n) is 13.7. The monoisotopic (exact) mass is 363 g/mol. The Bertz CT molecular complexity index is 1060. The van der Waals surface area contributed by atoms with Gasteiger partial charge in [0.25, 0.3) is 0 Å². The molecule has 0 unspecified atom stereocenters. The maximum Gasteiger partial charge on any atom is 0.315 e. The molecule has 3 aromatic carbocycles. The molecular weight excluding hydrogens is 350 g/mol. The number of aromatic nitrogens is 1. The number of nitrogens with zero attached hydrogens (tertiary/aromatic N) is 1. The highest BCUT2D eigenvalue weighted by Gasteiger charge is 2.11. The minimum Gasteiger partial charge on any atom is -0.436 e. The molecule has 4 rings (SSSR count). The van der Waals surface area contributed by atoms with Gasteiger partial charge in [-0.25, -0.2) is 4.98 Å². The summed E-state index contributed by atoms with van der Waals surface area (Å²) in [6.07, 6.45) is 0.168. The number of carbonyl (C=O) groups is 1. The van der Waals surface area contributed by atoms with Gasteiger partial charge in [-0.15, -0.1) is 0 Å². The first-order valence-electron chi connectivity index (χ1n) is 8.08. The van der Waals surface area contributed by atoms with E-state index in [9.17, 15) is 4.79 Å². The van der Waals surface area contributed by atoms with E-state index in [-0.39, 0.29) is 12.4 Å². The van der Waals surface area contributed by atoms with Gasteiger partial charge in [-0.2, -0.15) is 0 Å². The van der Waals surface area contributed by atoms with E-state index < -0.39 is 0 Å². The van der Waals surface area contributed by atoms with E-state index in [2.05, 4.69) is 4.98 Å². The van der Waals surface area contributed by atoms with E-state index in [1.165, 1.54) is 0 Å². The van der Waals surface area contributed by atoms with E-state index in [0.29, 0.717) is 27.8 Å². The van der Waals surface area contributed by atoms with Crippen molar-refractivity contribution in [1.29, 1.82) is 0 Å². The van der Waals surface area contributed by atoms with Crippen molar-refractivity contribution < 1.29 is 13.9 Å². The summed E-state index contributed by atoms with van der Waals surface area (Å²) in [5, 5.41) is 0.632. The normalized spacial score (nSPS) is 10.8. The average molecular weight is 364 g/mol. The highest BCUT2D eigenvalue weighted by Crippen LogP contribution is 2.27. The SMILES string of the molecule is O=C(Cc1ccc(Cl)cc1)Oc1ccc2nc(-c3ccccc3)oc2c1. The third-order valence-corrected chi connectivity index (χ3v) is 4.13. The van der Waals surface area contributed by atoms with E-state index in [1.54, 1.807) is 42.5 Å². The number of ether oxygens (including phenoxy) is 1. The fourth-order valence-electron chi connectivity index (χ4n) is 2.61. The minimum absolute atomic E-state index is 0.168. The first-order chi connectivity index (χ1) is 12.7. The van der Waals surface area contributed by atoms with Crippen molar-refractivity contribution in [1.82, 2.24) is 4.98 Å². The van der Waals surface area contributed by atoms with Gasteiger partial charge in [-0.3, -0.25) is 4.79 Å². The Labute approximate surface area is 155 Å². The third kappa shape index (κ3) is 3.60. The van der Waals surface area contributed by atoms with Crippen LogP contribution in [0.1, 0.15) is 5.56 Å². The summed E-state index contributed by atoms with van der Waals surface area (Å²) in [5.41, 5.74) is 3.01. The fourth-order valence-corrected chi connectivity index (χ4v) is 2.74. The molecule has 0 aliphatic rings. The Balaban J connectivity index is 1.52. The molecule has 0 N–H and O–H groups in total. The highest BCUT2D eigenvalue weighted by atomic mass is 35.5. The standard InChI is InChI=1S/C21H14ClNO3/c22-16-8-6-14(7-9-16)12-20(24)25-17-10-11-18-19(13-17)26-21(23-18)15-4-2-1-3-5-15/h1-11,13H,12H2. The summed E-state index contributed by atoms with van der Waals surface area (Å²) in [7, 11) is 0. The van der Waals surface area contributed by atoms with Gasteiger partial charge in [-0.05, 0) is 42.0 Å². The molecule has 0 spiro atoms. The molecule has 26 heavy (non-hydrogen) atoms. The molecule has 1 heterocycles. The van der Waals surface area contributed by atoms with Gasteiger partial charge >= 0.3 is 5.97 Å². The lowest BCUT2D eigenvalue weighted by molar-refractivity contribution is -0.133. The number of oxazole rings is 1. The van der Waals surface area contributed by atoms with Crippen LogP contribution < -0.4 is 4.74 Å². The Hall–Kier alpha value is -3.11. The van der Waals surface area contributed by atoms with E-state index in [0.717, 1.165) is 11.1 Å². The molecule has 1 aromatic heterocycles. The second-order valence-electron chi connectivity index (χ2n) is 5.79. The average Bonchev–Trinajstić information content (AvgIpc) is 3.08. The minimum atomic E-state index is -0.352. The molecule has 4 nitrogen and oxygen atoms in total. The Morgan fingerprint density at radius 1 is 1.00 bits per heavy atom. The molecule has 0 aliphatic carbocycles. The molecule has 5 heteroatoms. The Morgan fingerprint density at radius 3 is 2.54 bits per heavy atom. The van der Waals surface area contributed by atoms with Crippen LogP contribution in [0, 0.1) is 0 Å². The lowest BCUT2D eigenvalue weighted by Crippen LogP contribution is -2.11. The van der Waals surface area contributed by atoms with Crippen LogP contribution >= 0.6 is 11.6 Å². The summed E-state index contributed by atoms with van der Waals surface area (Å²) in [6.45, 7) is 0. The van der Waals surface area contributed by atoms with Gasteiger partial charge in [0.15, 0.2) is 5.58 Å². The van der Waals surface area contributed by atoms with Gasteiger partial charge in [0.1, 0.15) is 11.3 Å². The van der Waals surface area contributed by atoms with Crippen molar-refractivity contribution >= 4 is 28.7 Å². The lowest BCUT2D eigenvalue weighted by atomic mass is 10.1. The van der Waals surface area contributed by atoms with Gasteiger partial charge < -0.3 is 9.15 Å². The summed E-state index contributed by atoms with van der Waals surface area (Å²) in [6, 6.07) is 21.9. The molecular formula is C21H14ClNO3. The maximum absolute atomic E-state index is 12.1. The molecule has 0 fully saturated rings. The van der Waals surface area contributed by atoms with E-state index >= 15 is 0 Å². The van der Waals surface area contributed by atoms with Crippen LogP contribution in [0.4, 0.5) is 0 Å². The topological polar surface area (TPSA) is 52.3 Å². The highest BCUT2D eigenvalue weighted by molar-refractivity contribution is 6.30. The number of benzene rings is 3. The largest absolute Gasteiger partial charge is 0.436 e. The van der Waals surface area contributed by atoms with E-state index in [4.69, 9.17) is 20.8 Å². The maximum atomic E-state index is 12.1. The van der Waals surface area contributed by atoms with Gasteiger partial charge in [-0.1, -0.05) is 41.9 Å². The molecule has 0 aliphatic heterocycles. The lowest BCUT2D eigenvalue weighted by Gasteiger charge is -2.04. The van der Waals surface area contributed by atoms with Gasteiger partial charge in [0, 0.05) is 16.7 Å². The van der Waals surface area contributed by atoms with Crippen LogP contribution in [0.2, 0.25) is 5.02 Å². The number of hydrogen-bond acceptors (Lipinski definition) is 4. The number of esters is 1. The van der Waals surface area contributed by atoms with Crippen molar-refractivity contribution in [3.63, 3.8) is 0 Å². The predicted molar refractivity (Wildman–Crippen MR) is 100 cm³/mol. The smallest absolute Gasteiger partial charge is 0.315 e. The number of hydrogen-bond donors (Lipinski definition) is 0. The van der Waals surface area contributed by atoms with Gasteiger partial charge in [0.05, 0.1) is 6.42 Å². The molecule has 4 aromatic rings. The Kier molecular flexibility index (Phi) is 4.42. The van der Waals surface area contributed by atoms with Crippen molar-refractivity contribution in [2.24, 2.45) is 0 Å². The van der Waals surface area contributed by atoms with Crippen LogP contribution in [0.3, 0.4) is 0 Å². The summed E-state index contributed by atoms with van der Waals surface area (Å²) in [4.78, 5) is 16.6. The van der Waals surface area contributed by atoms with Crippen LogP contribution in [0.5, 0.6) is 5.75 Å². The molecule has 0 saturated carbocycles. The first-order valence-corrected chi connectivity index (χ1v) is 8.46. The summed E-state index contributed by atoms with van der Waals surface area (Å²) < 4.78 is 11.2. The number of carbonyl (C=O) groups excluding carboxylic acids is 1. The molecule has 0 amide bonds. The van der Waals surface area contributed by atoms with Crippen LogP contribution in [-0.4, -0.2) is 11.0 Å². The number of fused-ring (bicyclic) bond motifs is 1. The number of rotatable bonds is 4. The van der Waals surface area contributed by atoms with Crippen LogP contribution in [0.15, 0.2) is 77.2 Å². The molecule has 0 atom stereocenters. The zero-order valence-corrected chi connectivity index (χ0v) is 14.4. The van der Waals surface area contributed by atoms with Crippen molar-refractivity contribution in [2.75, 3.05) is 0 Å². The zero-order chi connectivity index (χ0) is 17.9. The van der Waals surface area contributed by atoms with Crippen molar-refractivity contribution in [3.05, 3.63) is 83.4 Å². The fraction of sp³-hybridized carbons (Fsp3) is 0.0476. The number of halogens is 1.